The van der Waals surface area contributed by atoms with Gasteiger partial charge in [0.15, 0.2) is 0 Å². The number of nitrogens with one attached hydrogen (secondary N) is 2. The van der Waals surface area contributed by atoms with Gasteiger partial charge in [-0.25, -0.2) is 4.39 Å². The smallest absolute Gasteiger partial charge is 0.229 e. The van der Waals surface area contributed by atoms with Gasteiger partial charge >= 0.3 is 0 Å². The first-order valence-electron chi connectivity index (χ1n) is 10.8. The molecule has 2 aromatic rings. The molecule has 31 heavy (non-hydrogen) atoms. The summed E-state index contributed by atoms with van der Waals surface area (Å²) < 4.78 is 14.2. The van der Waals surface area contributed by atoms with Gasteiger partial charge in [-0.15, -0.1) is 0 Å². The molecule has 1 heterocycles. The highest BCUT2D eigenvalue weighted by Gasteiger charge is 2.35. The van der Waals surface area contributed by atoms with Crippen molar-refractivity contribution in [3.8, 4) is 0 Å². The Balaban J connectivity index is 1.40. The van der Waals surface area contributed by atoms with Crippen LogP contribution in [-0.4, -0.2) is 24.3 Å². The van der Waals surface area contributed by atoms with Crippen LogP contribution in [0.4, 0.5) is 21.5 Å². The molecule has 2 N–H and O–H groups in total. The minimum Gasteiger partial charge on any atom is -0.326 e. The van der Waals surface area contributed by atoms with Crippen molar-refractivity contribution in [3.05, 3.63) is 54.3 Å². The first kappa shape index (κ1) is 21.0. The van der Waals surface area contributed by atoms with Crippen LogP contribution in [0.25, 0.3) is 0 Å². The topological polar surface area (TPSA) is 78.5 Å². The van der Waals surface area contributed by atoms with Gasteiger partial charge in [-0.1, -0.05) is 37.5 Å². The molecule has 6 nitrogen and oxygen atoms in total. The number of para-hydroxylation sites is 1. The van der Waals surface area contributed by atoms with Crippen LogP contribution in [-0.2, 0) is 14.4 Å². The Labute approximate surface area is 180 Å². The highest BCUT2D eigenvalue weighted by molar-refractivity contribution is 6.03. The predicted molar refractivity (Wildman–Crippen MR) is 117 cm³/mol. The van der Waals surface area contributed by atoms with E-state index in [1.54, 1.807) is 4.90 Å². The molecule has 1 aliphatic heterocycles. The van der Waals surface area contributed by atoms with E-state index in [9.17, 15) is 18.8 Å². The van der Waals surface area contributed by atoms with E-state index in [0.717, 1.165) is 37.8 Å². The first-order chi connectivity index (χ1) is 15.0. The van der Waals surface area contributed by atoms with E-state index in [1.807, 2.05) is 30.3 Å². The lowest BCUT2D eigenvalue weighted by molar-refractivity contribution is -0.122. The SMILES string of the molecule is O=C(Nc1ccc(F)c(NC(=O)C2CCCCC2)c1)C1CC(=O)N(c2ccccc2)C1. The molecule has 1 saturated carbocycles. The third-order valence-electron chi connectivity index (χ3n) is 6.03. The van der Waals surface area contributed by atoms with Gasteiger partial charge in [0.1, 0.15) is 5.82 Å². The van der Waals surface area contributed by atoms with Crippen LogP contribution in [0, 0.1) is 17.7 Å². The van der Waals surface area contributed by atoms with Crippen molar-refractivity contribution in [2.75, 3.05) is 22.1 Å². The second-order valence-corrected chi connectivity index (χ2v) is 8.25. The number of carbonyl (C=O) groups excluding carboxylic acids is 3. The van der Waals surface area contributed by atoms with Crippen LogP contribution in [0.15, 0.2) is 48.5 Å². The second-order valence-electron chi connectivity index (χ2n) is 8.25. The number of benzene rings is 2. The molecule has 2 fully saturated rings. The Morgan fingerprint density at radius 2 is 1.61 bits per heavy atom. The third kappa shape index (κ3) is 4.93. The van der Waals surface area contributed by atoms with Gasteiger partial charge in [-0.2, -0.15) is 0 Å². The Hall–Kier alpha value is -3.22. The molecule has 7 heteroatoms. The summed E-state index contributed by atoms with van der Waals surface area (Å²) in [4.78, 5) is 39.2. The number of carbonyl (C=O) groups is 3. The van der Waals surface area contributed by atoms with Gasteiger partial charge in [0.05, 0.1) is 11.6 Å². The fourth-order valence-corrected chi connectivity index (χ4v) is 4.28. The normalized spacial score (nSPS) is 19.3. The fourth-order valence-electron chi connectivity index (χ4n) is 4.28. The Morgan fingerprint density at radius 1 is 0.903 bits per heavy atom. The van der Waals surface area contributed by atoms with E-state index in [4.69, 9.17) is 0 Å². The molecule has 4 rings (SSSR count). The summed E-state index contributed by atoms with van der Waals surface area (Å²) in [7, 11) is 0. The zero-order valence-corrected chi connectivity index (χ0v) is 17.3. The number of halogens is 1. The maximum Gasteiger partial charge on any atom is 0.229 e. The molecule has 1 aliphatic carbocycles. The zero-order valence-electron chi connectivity index (χ0n) is 17.3. The van der Waals surface area contributed by atoms with Crippen molar-refractivity contribution < 1.29 is 18.8 Å². The van der Waals surface area contributed by atoms with Crippen molar-refractivity contribution in [1.29, 1.82) is 0 Å². The van der Waals surface area contributed by atoms with Crippen LogP contribution >= 0.6 is 0 Å². The number of anilines is 3. The Morgan fingerprint density at radius 3 is 2.35 bits per heavy atom. The molecule has 0 radical (unpaired) electrons. The lowest BCUT2D eigenvalue weighted by Crippen LogP contribution is -2.28. The van der Waals surface area contributed by atoms with Gasteiger partial charge in [-0.3, -0.25) is 14.4 Å². The molecule has 2 aliphatic rings. The van der Waals surface area contributed by atoms with E-state index in [0.29, 0.717) is 12.2 Å². The molecular weight excluding hydrogens is 397 g/mol. The standard InChI is InChI=1S/C24H26FN3O3/c25-20-12-11-18(14-21(20)27-23(30)16-7-3-1-4-8-16)26-24(31)17-13-22(29)28(15-17)19-9-5-2-6-10-19/h2,5-6,9-12,14,16-17H,1,3-4,7-8,13,15H2,(H,26,31)(H,27,30). The molecule has 1 atom stereocenters. The average molecular weight is 423 g/mol. The number of hydrogen-bond acceptors (Lipinski definition) is 3. The summed E-state index contributed by atoms with van der Waals surface area (Å²) in [6.45, 7) is 0.293. The summed E-state index contributed by atoms with van der Waals surface area (Å²) in [5, 5.41) is 5.43. The quantitative estimate of drug-likeness (QED) is 0.751. The van der Waals surface area contributed by atoms with Crippen LogP contribution in [0.3, 0.4) is 0 Å². The molecule has 1 saturated heterocycles. The third-order valence-corrected chi connectivity index (χ3v) is 6.03. The van der Waals surface area contributed by atoms with Crippen molar-refractivity contribution in [1.82, 2.24) is 0 Å². The fraction of sp³-hybridized carbons (Fsp3) is 0.375. The van der Waals surface area contributed by atoms with Crippen LogP contribution in [0.1, 0.15) is 38.5 Å². The minimum absolute atomic E-state index is 0.0572. The van der Waals surface area contributed by atoms with Crippen molar-refractivity contribution in [2.24, 2.45) is 11.8 Å². The largest absolute Gasteiger partial charge is 0.326 e. The second kappa shape index (κ2) is 9.29. The van der Waals surface area contributed by atoms with E-state index in [1.165, 1.54) is 18.2 Å². The maximum atomic E-state index is 14.2. The summed E-state index contributed by atoms with van der Waals surface area (Å²) in [5.41, 5.74) is 1.20. The van der Waals surface area contributed by atoms with Crippen LogP contribution < -0.4 is 15.5 Å². The lowest BCUT2D eigenvalue weighted by Gasteiger charge is -2.21. The first-order valence-corrected chi connectivity index (χ1v) is 10.8. The molecule has 0 aromatic heterocycles. The van der Waals surface area contributed by atoms with E-state index >= 15 is 0 Å². The Bertz CT molecular complexity index is 973. The maximum absolute atomic E-state index is 14.2. The molecule has 1 unspecified atom stereocenters. The van der Waals surface area contributed by atoms with Gasteiger partial charge in [0.2, 0.25) is 17.7 Å². The number of amides is 3. The van der Waals surface area contributed by atoms with Crippen LogP contribution in [0.2, 0.25) is 0 Å². The molecule has 0 bridgehead atoms. The van der Waals surface area contributed by atoms with Crippen molar-refractivity contribution in [2.45, 2.75) is 38.5 Å². The van der Waals surface area contributed by atoms with Gasteiger partial charge in [0, 0.05) is 30.3 Å². The van der Waals surface area contributed by atoms with Crippen LogP contribution in [0.5, 0.6) is 0 Å². The van der Waals surface area contributed by atoms with Gasteiger partial charge < -0.3 is 15.5 Å². The van der Waals surface area contributed by atoms with Crippen molar-refractivity contribution in [3.63, 3.8) is 0 Å². The molecule has 2 aromatic carbocycles. The average Bonchev–Trinajstić information content (AvgIpc) is 3.19. The summed E-state index contributed by atoms with van der Waals surface area (Å²) >= 11 is 0. The summed E-state index contributed by atoms with van der Waals surface area (Å²) in [6, 6.07) is 13.3. The van der Waals surface area contributed by atoms with Gasteiger partial charge in [-0.05, 0) is 43.2 Å². The van der Waals surface area contributed by atoms with E-state index in [2.05, 4.69) is 10.6 Å². The Kier molecular flexibility index (Phi) is 6.30. The lowest BCUT2D eigenvalue weighted by atomic mass is 9.88. The summed E-state index contributed by atoms with van der Waals surface area (Å²) in [5.74, 6) is -1.73. The predicted octanol–water partition coefficient (Wildman–Crippen LogP) is 4.34. The number of rotatable bonds is 5. The van der Waals surface area contributed by atoms with E-state index < -0.39 is 11.7 Å². The molecule has 3 amide bonds. The van der Waals surface area contributed by atoms with E-state index in [-0.39, 0.29) is 35.7 Å². The van der Waals surface area contributed by atoms with Crippen molar-refractivity contribution >= 4 is 34.8 Å². The highest BCUT2D eigenvalue weighted by Crippen LogP contribution is 2.28. The zero-order chi connectivity index (χ0) is 21.8. The minimum atomic E-state index is -0.548. The number of hydrogen-bond donors (Lipinski definition) is 2. The van der Waals surface area contributed by atoms with Gasteiger partial charge in [0.25, 0.3) is 0 Å². The summed E-state index contributed by atoms with van der Waals surface area (Å²) in [6.07, 6.45) is 4.90. The highest BCUT2D eigenvalue weighted by atomic mass is 19.1. The molecule has 162 valence electrons. The molecular formula is C24H26FN3O3. The number of nitrogens with zero attached hydrogens (tertiary/aromatic N) is 1. The monoisotopic (exact) mass is 423 g/mol. The molecule has 0 spiro atoms.